The van der Waals surface area contributed by atoms with Gasteiger partial charge >= 0.3 is 0 Å². The van der Waals surface area contributed by atoms with E-state index in [0.717, 1.165) is 35.7 Å². The van der Waals surface area contributed by atoms with Gasteiger partial charge in [0, 0.05) is 0 Å². The summed E-state index contributed by atoms with van der Waals surface area (Å²) < 4.78 is 39.8. The first-order chi connectivity index (χ1) is 11.1. The molecule has 0 aromatic heterocycles. The minimum absolute atomic E-state index is 0.319. The van der Waals surface area contributed by atoms with Gasteiger partial charge in [0.15, 0.2) is 17.5 Å². The fraction of sp³-hybridized carbons (Fsp3) is 0.100. The van der Waals surface area contributed by atoms with Gasteiger partial charge in [-0.2, -0.15) is 0 Å². The molecule has 3 aromatic rings. The Balaban J connectivity index is 2.02. The lowest BCUT2D eigenvalue weighted by Crippen LogP contribution is -1.92. The highest BCUT2D eigenvalue weighted by atomic mass is 19.2. The van der Waals surface area contributed by atoms with Crippen molar-refractivity contribution in [1.29, 1.82) is 0 Å². The molecule has 0 radical (unpaired) electrons. The molecule has 3 rings (SSSR count). The van der Waals surface area contributed by atoms with Gasteiger partial charge in [0.1, 0.15) is 0 Å². The molecule has 3 aromatic carbocycles. The number of allylic oxidation sites excluding steroid dienone is 1. The van der Waals surface area contributed by atoms with Gasteiger partial charge < -0.3 is 0 Å². The summed E-state index contributed by atoms with van der Waals surface area (Å²) in [5, 5.41) is 2.02. The maximum Gasteiger partial charge on any atom is 0.194 e. The van der Waals surface area contributed by atoms with Crippen LogP contribution in [0.1, 0.15) is 12.0 Å². The zero-order valence-corrected chi connectivity index (χ0v) is 12.5. The van der Waals surface area contributed by atoms with E-state index in [1.165, 1.54) is 5.56 Å². The number of hydrogen-bond acceptors (Lipinski definition) is 0. The molecule has 0 spiro atoms. The Labute approximate surface area is 132 Å². The lowest BCUT2D eigenvalue weighted by atomic mass is 9.98. The standard InChI is InChI=1S/C20H15F3/c1-2-3-4-13-5-6-15-10-16(8-7-14(15)9-13)17-11-18(21)20(23)19(22)12-17/h2,5-12H,1,3-4H2. The Bertz CT molecular complexity index is 858. The third-order valence-electron chi connectivity index (χ3n) is 3.86. The van der Waals surface area contributed by atoms with Crippen LogP contribution in [0.3, 0.4) is 0 Å². The van der Waals surface area contributed by atoms with E-state index in [9.17, 15) is 13.2 Å². The zero-order chi connectivity index (χ0) is 16.4. The maximum atomic E-state index is 13.4. The summed E-state index contributed by atoms with van der Waals surface area (Å²) >= 11 is 0. The fourth-order valence-corrected chi connectivity index (χ4v) is 2.62. The lowest BCUT2D eigenvalue weighted by Gasteiger charge is -2.07. The molecule has 23 heavy (non-hydrogen) atoms. The molecule has 0 amide bonds. The highest BCUT2D eigenvalue weighted by Crippen LogP contribution is 2.27. The van der Waals surface area contributed by atoms with Gasteiger partial charge in [-0.15, -0.1) is 6.58 Å². The van der Waals surface area contributed by atoms with Gasteiger partial charge in [0.2, 0.25) is 0 Å². The molecule has 0 unspecified atom stereocenters. The van der Waals surface area contributed by atoms with Crippen LogP contribution in [-0.4, -0.2) is 0 Å². The van der Waals surface area contributed by atoms with Crippen molar-refractivity contribution in [2.75, 3.05) is 0 Å². The highest BCUT2D eigenvalue weighted by molar-refractivity contribution is 5.87. The Morgan fingerprint density at radius 1 is 0.783 bits per heavy atom. The van der Waals surface area contributed by atoms with Crippen molar-refractivity contribution in [3.05, 3.63) is 84.2 Å². The third-order valence-corrected chi connectivity index (χ3v) is 3.86. The van der Waals surface area contributed by atoms with Crippen molar-refractivity contribution in [3.63, 3.8) is 0 Å². The molecule has 0 saturated heterocycles. The molecule has 0 aliphatic rings. The normalized spacial score (nSPS) is 10.9. The van der Waals surface area contributed by atoms with Crippen molar-refractivity contribution in [3.8, 4) is 11.1 Å². The van der Waals surface area contributed by atoms with E-state index in [1.807, 2.05) is 30.3 Å². The van der Waals surface area contributed by atoms with Crippen LogP contribution in [-0.2, 0) is 6.42 Å². The molecule has 0 atom stereocenters. The third kappa shape index (κ3) is 3.14. The van der Waals surface area contributed by atoms with Crippen LogP contribution in [0.25, 0.3) is 21.9 Å². The molecular weight excluding hydrogens is 297 g/mol. The first kappa shape index (κ1) is 15.3. The summed E-state index contributed by atoms with van der Waals surface area (Å²) in [6.07, 6.45) is 3.72. The second kappa shape index (κ2) is 6.29. The smallest absolute Gasteiger partial charge is 0.194 e. The van der Waals surface area contributed by atoms with E-state index >= 15 is 0 Å². The van der Waals surface area contributed by atoms with Gasteiger partial charge in [-0.1, -0.05) is 36.4 Å². The summed E-state index contributed by atoms with van der Waals surface area (Å²) in [7, 11) is 0. The van der Waals surface area contributed by atoms with E-state index in [-0.39, 0.29) is 0 Å². The van der Waals surface area contributed by atoms with Gasteiger partial charge in [-0.3, -0.25) is 0 Å². The van der Waals surface area contributed by atoms with Crippen molar-refractivity contribution < 1.29 is 13.2 Å². The van der Waals surface area contributed by atoms with Crippen molar-refractivity contribution in [2.45, 2.75) is 12.8 Å². The number of benzene rings is 3. The average Bonchev–Trinajstić information content (AvgIpc) is 2.56. The lowest BCUT2D eigenvalue weighted by molar-refractivity contribution is 0.448. The first-order valence-corrected chi connectivity index (χ1v) is 7.37. The van der Waals surface area contributed by atoms with Crippen LogP contribution in [0.2, 0.25) is 0 Å². The molecule has 0 fully saturated rings. The predicted molar refractivity (Wildman–Crippen MR) is 87.8 cm³/mol. The van der Waals surface area contributed by atoms with Crippen LogP contribution in [0.15, 0.2) is 61.2 Å². The van der Waals surface area contributed by atoms with Crippen LogP contribution in [0, 0.1) is 17.5 Å². The van der Waals surface area contributed by atoms with Gasteiger partial charge in [-0.25, -0.2) is 13.2 Å². The van der Waals surface area contributed by atoms with E-state index in [4.69, 9.17) is 0 Å². The Kier molecular flexibility index (Phi) is 4.20. The largest absolute Gasteiger partial charge is 0.204 e. The average molecular weight is 312 g/mol. The molecule has 0 aliphatic heterocycles. The molecular formula is C20H15F3. The van der Waals surface area contributed by atoms with Gasteiger partial charge in [-0.05, 0) is 58.5 Å². The molecule has 0 aliphatic carbocycles. The van der Waals surface area contributed by atoms with E-state index < -0.39 is 17.5 Å². The summed E-state index contributed by atoms with van der Waals surface area (Å²) in [5.74, 6) is -3.80. The molecule has 0 nitrogen and oxygen atoms in total. The fourth-order valence-electron chi connectivity index (χ4n) is 2.62. The van der Waals surface area contributed by atoms with Gasteiger partial charge in [0.25, 0.3) is 0 Å². The molecule has 0 bridgehead atoms. The minimum Gasteiger partial charge on any atom is -0.204 e. The number of halogens is 3. The second-order valence-electron chi connectivity index (χ2n) is 5.48. The number of fused-ring (bicyclic) bond motifs is 1. The van der Waals surface area contributed by atoms with E-state index in [1.54, 1.807) is 6.07 Å². The van der Waals surface area contributed by atoms with E-state index in [0.29, 0.717) is 11.1 Å². The second-order valence-corrected chi connectivity index (χ2v) is 5.48. The van der Waals surface area contributed by atoms with Crippen LogP contribution < -0.4 is 0 Å². The monoisotopic (exact) mass is 312 g/mol. The number of rotatable bonds is 4. The van der Waals surface area contributed by atoms with Crippen molar-refractivity contribution in [1.82, 2.24) is 0 Å². The van der Waals surface area contributed by atoms with Crippen LogP contribution in [0.5, 0.6) is 0 Å². The molecule has 0 saturated carbocycles. The van der Waals surface area contributed by atoms with Crippen LogP contribution >= 0.6 is 0 Å². The number of aryl methyl sites for hydroxylation is 1. The van der Waals surface area contributed by atoms with E-state index in [2.05, 4.69) is 12.6 Å². The highest BCUT2D eigenvalue weighted by Gasteiger charge is 2.11. The Morgan fingerprint density at radius 2 is 1.43 bits per heavy atom. The molecule has 0 N–H and O–H groups in total. The maximum absolute atomic E-state index is 13.4. The zero-order valence-electron chi connectivity index (χ0n) is 12.5. The SMILES string of the molecule is C=CCCc1ccc2cc(-c3cc(F)c(F)c(F)c3)ccc2c1. The summed E-state index contributed by atoms with van der Waals surface area (Å²) in [6.45, 7) is 3.72. The van der Waals surface area contributed by atoms with Crippen molar-refractivity contribution >= 4 is 10.8 Å². The predicted octanol–water partition coefficient (Wildman–Crippen LogP) is 6.04. The minimum atomic E-state index is -1.44. The summed E-state index contributed by atoms with van der Waals surface area (Å²) in [5.41, 5.74) is 2.18. The molecule has 0 heterocycles. The van der Waals surface area contributed by atoms with Gasteiger partial charge in [0.05, 0.1) is 0 Å². The first-order valence-electron chi connectivity index (χ1n) is 7.37. The van der Waals surface area contributed by atoms with Crippen LogP contribution in [0.4, 0.5) is 13.2 Å². The molecule has 3 heteroatoms. The Morgan fingerprint density at radius 3 is 2.13 bits per heavy atom. The number of hydrogen-bond donors (Lipinski definition) is 0. The quantitative estimate of drug-likeness (QED) is 0.407. The summed E-state index contributed by atoms with van der Waals surface area (Å²) in [4.78, 5) is 0. The Hall–Kier alpha value is -2.55. The van der Waals surface area contributed by atoms with Crippen molar-refractivity contribution in [2.24, 2.45) is 0 Å². The topological polar surface area (TPSA) is 0 Å². The summed E-state index contributed by atoms with van der Waals surface area (Å²) in [6, 6.07) is 13.7. The molecule has 116 valence electrons.